The molecule has 0 saturated heterocycles. The van der Waals surface area contributed by atoms with Crippen LogP contribution in [-0.2, 0) is 6.42 Å². The van der Waals surface area contributed by atoms with Crippen molar-refractivity contribution in [3.8, 4) is 0 Å². The molecule has 0 aromatic heterocycles. The number of aliphatic hydroxyl groups excluding tert-OH is 1. The van der Waals surface area contributed by atoms with Crippen molar-refractivity contribution < 1.29 is 13.9 Å². The Bertz CT molecular complexity index is 578. The highest BCUT2D eigenvalue weighted by Gasteiger charge is 2.17. The lowest BCUT2D eigenvalue weighted by Gasteiger charge is -2.15. The highest BCUT2D eigenvalue weighted by Crippen LogP contribution is 2.29. The second-order valence-electron chi connectivity index (χ2n) is 4.43. The van der Waals surface area contributed by atoms with Crippen molar-refractivity contribution in [2.75, 3.05) is 0 Å². The van der Waals surface area contributed by atoms with Crippen LogP contribution in [0, 0.1) is 18.6 Å². The third-order valence-electron chi connectivity index (χ3n) is 3.05. The van der Waals surface area contributed by atoms with Gasteiger partial charge < -0.3 is 5.11 Å². The van der Waals surface area contributed by atoms with E-state index in [1.54, 1.807) is 25.1 Å². The van der Waals surface area contributed by atoms with Gasteiger partial charge in [-0.3, -0.25) is 0 Å². The van der Waals surface area contributed by atoms with Crippen molar-refractivity contribution in [1.82, 2.24) is 0 Å². The highest BCUT2D eigenvalue weighted by molar-refractivity contribution is 9.10. The lowest BCUT2D eigenvalue weighted by atomic mass is 9.98. The fourth-order valence-electron chi connectivity index (χ4n) is 2.03. The molecule has 1 nitrogen and oxygen atoms in total. The average molecular weight is 327 g/mol. The van der Waals surface area contributed by atoms with Crippen LogP contribution in [0.1, 0.15) is 22.8 Å². The third kappa shape index (κ3) is 3.19. The molecule has 0 heterocycles. The Morgan fingerprint density at radius 1 is 1.21 bits per heavy atom. The largest absolute Gasteiger partial charge is 0.388 e. The van der Waals surface area contributed by atoms with Crippen molar-refractivity contribution in [1.29, 1.82) is 0 Å². The van der Waals surface area contributed by atoms with Crippen LogP contribution in [0.3, 0.4) is 0 Å². The monoisotopic (exact) mass is 326 g/mol. The molecule has 0 saturated carbocycles. The first-order valence-corrected chi connectivity index (χ1v) is 6.65. The minimum Gasteiger partial charge on any atom is -0.388 e. The van der Waals surface area contributed by atoms with E-state index in [1.165, 1.54) is 18.2 Å². The molecule has 1 N–H and O–H groups in total. The number of aryl methyl sites for hydroxylation is 1. The minimum absolute atomic E-state index is 0.228. The molecule has 0 fully saturated rings. The molecule has 1 unspecified atom stereocenters. The smallest absolute Gasteiger partial charge is 0.130 e. The van der Waals surface area contributed by atoms with Gasteiger partial charge in [0.1, 0.15) is 11.6 Å². The third-order valence-corrected chi connectivity index (χ3v) is 3.74. The number of aliphatic hydroxyl groups is 1. The van der Waals surface area contributed by atoms with Gasteiger partial charge in [0, 0.05) is 16.5 Å². The van der Waals surface area contributed by atoms with Crippen molar-refractivity contribution >= 4 is 15.9 Å². The van der Waals surface area contributed by atoms with Crippen LogP contribution in [0.5, 0.6) is 0 Å². The predicted octanol–water partition coefficient (Wildman–Crippen LogP) is 4.31. The maximum Gasteiger partial charge on any atom is 0.130 e. The normalized spacial score (nSPS) is 12.5. The van der Waals surface area contributed by atoms with E-state index in [0.717, 1.165) is 11.1 Å². The van der Waals surface area contributed by atoms with Gasteiger partial charge in [-0.2, -0.15) is 0 Å². The Morgan fingerprint density at radius 3 is 2.58 bits per heavy atom. The van der Waals surface area contributed by atoms with Crippen molar-refractivity contribution in [3.63, 3.8) is 0 Å². The summed E-state index contributed by atoms with van der Waals surface area (Å²) < 4.78 is 27.3. The van der Waals surface area contributed by atoms with E-state index in [0.29, 0.717) is 4.47 Å². The van der Waals surface area contributed by atoms with Crippen LogP contribution >= 0.6 is 15.9 Å². The van der Waals surface area contributed by atoms with Gasteiger partial charge in [-0.05, 0) is 42.3 Å². The van der Waals surface area contributed by atoms with E-state index < -0.39 is 11.9 Å². The first kappa shape index (κ1) is 14.2. The van der Waals surface area contributed by atoms with Gasteiger partial charge in [0.05, 0.1) is 6.10 Å². The molecule has 0 bridgehead atoms. The van der Waals surface area contributed by atoms with Gasteiger partial charge in [-0.15, -0.1) is 0 Å². The Kier molecular flexibility index (Phi) is 4.32. The summed E-state index contributed by atoms with van der Waals surface area (Å²) in [5, 5.41) is 10.2. The Labute approximate surface area is 119 Å². The summed E-state index contributed by atoms with van der Waals surface area (Å²) in [6.07, 6.45) is -0.731. The van der Waals surface area contributed by atoms with E-state index in [1.807, 2.05) is 0 Å². The summed E-state index contributed by atoms with van der Waals surface area (Å²) in [7, 11) is 0. The standard InChI is InChI=1S/C15H13BrF2O/c1-9-7-11(17)6-5-10(9)8-14(19)15-12(16)3-2-4-13(15)18/h2-7,14,19H,8H2,1H3. The van der Waals surface area contributed by atoms with Crippen LogP contribution in [-0.4, -0.2) is 5.11 Å². The van der Waals surface area contributed by atoms with E-state index in [9.17, 15) is 13.9 Å². The molecule has 1 atom stereocenters. The van der Waals surface area contributed by atoms with Crippen molar-refractivity contribution in [2.45, 2.75) is 19.4 Å². The molecule has 0 amide bonds. The van der Waals surface area contributed by atoms with Gasteiger partial charge in [0.2, 0.25) is 0 Å². The molecule has 100 valence electrons. The highest BCUT2D eigenvalue weighted by atomic mass is 79.9. The quantitative estimate of drug-likeness (QED) is 0.891. The predicted molar refractivity (Wildman–Crippen MR) is 73.9 cm³/mol. The molecule has 2 rings (SSSR count). The van der Waals surface area contributed by atoms with Crippen LogP contribution in [0.25, 0.3) is 0 Å². The molecule has 2 aromatic rings. The molecule has 2 aromatic carbocycles. The summed E-state index contributed by atoms with van der Waals surface area (Å²) in [5.74, 6) is -0.774. The molecule has 0 radical (unpaired) electrons. The van der Waals surface area contributed by atoms with E-state index in [2.05, 4.69) is 15.9 Å². The lowest BCUT2D eigenvalue weighted by molar-refractivity contribution is 0.172. The molecule has 0 aliphatic rings. The van der Waals surface area contributed by atoms with Crippen molar-refractivity contribution in [2.24, 2.45) is 0 Å². The molecule has 0 spiro atoms. The molecular weight excluding hydrogens is 314 g/mol. The number of rotatable bonds is 3. The van der Waals surface area contributed by atoms with Gasteiger partial charge in [-0.1, -0.05) is 28.1 Å². The maximum absolute atomic E-state index is 13.7. The van der Waals surface area contributed by atoms with Crippen LogP contribution in [0.2, 0.25) is 0 Å². The van der Waals surface area contributed by atoms with E-state index in [4.69, 9.17) is 0 Å². The first-order chi connectivity index (χ1) is 8.99. The summed E-state index contributed by atoms with van der Waals surface area (Å²) in [6, 6.07) is 8.91. The average Bonchev–Trinajstić information content (AvgIpc) is 2.32. The van der Waals surface area contributed by atoms with Crippen molar-refractivity contribution in [3.05, 3.63) is 69.2 Å². The summed E-state index contributed by atoms with van der Waals surface area (Å²) in [5.41, 5.74) is 1.77. The fourth-order valence-corrected chi connectivity index (χ4v) is 2.63. The summed E-state index contributed by atoms with van der Waals surface area (Å²) in [4.78, 5) is 0. The Balaban J connectivity index is 2.28. The zero-order valence-corrected chi connectivity index (χ0v) is 11.9. The van der Waals surface area contributed by atoms with Gasteiger partial charge >= 0.3 is 0 Å². The van der Waals surface area contributed by atoms with Crippen LogP contribution in [0.4, 0.5) is 8.78 Å². The van der Waals surface area contributed by atoms with E-state index >= 15 is 0 Å². The molecule has 0 aliphatic carbocycles. The first-order valence-electron chi connectivity index (χ1n) is 5.86. The number of hydrogen-bond acceptors (Lipinski definition) is 1. The number of benzene rings is 2. The second kappa shape index (κ2) is 5.80. The zero-order valence-electron chi connectivity index (χ0n) is 10.3. The minimum atomic E-state index is -0.972. The summed E-state index contributed by atoms with van der Waals surface area (Å²) >= 11 is 3.23. The molecular formula is C15H13BrF2O. The van der Waals surface area contributed by atoms with Gasteiger partial charge in [0.25, 0.3) is 0 Å². The van der Waals surface area contributed by atoms with E-state index in [-0.39, 0.29) is 17.8 Å². The fraction of sp³-hybridized carbons (Fsp3) is 0.200. The SMILES string of the molecule is Cc1cc(F)ccc1CC(O)c1c(F)cccc1Br. The lowest BCUT2D eigenvalue weighted by Crippen LogP contribution is -2.06. The van der Waals surface area contributed by atoms with Crippen LogP contribution < -0.4 is 0 Å². The zero-order chi connectivity index (χ0) is 14.0. The Hall–Kier alpha value is -1.26. The topological polar surface area (TPSA) is 20.2 Å². The molecule has 4 heteroatoms. The number of halogens is 3. The Morgan fingerprint density at radius 2 is 1.95 bits per heavy atom. The molecule has 0 aliphatic heterocycles. The van der Waals surface area contributed by atoms with Crippen LogP contribution in [0.15, 0.2) is 40.9 Å². The van der Waals surface area contributed by atoms with Gasteiger partial charge in [-0.25, -0.2) is 8.78 Å². The summed E-state index contributed by atoms with van der Waals surface area (Å²) in [6.45, 7) is 1.77. The maximum atomic E-state index is 13.7. The second-order valence-corrected chi connectivity index (χ2v) is 5.28. The number of hydrogen-bond donors (Lipinski definition) is 1. The van der Waals surface area contributed by atoms with Gasteiger partial charge in [0.15, 0.2) is 0 Å². The molecule has 19 heavy (non-hydrogen) atoms.